The molecule has 1 N–H and O–H groups in total. The summed E-state index contributed by atoms with van der Waals surface area (Å²) < 4.78 is 0. The number of hydrogen-bond donors (Lipinski definition) is 1. The summed E-state index contributed by atoms with van der Waals surface area (Å²) in [5, 5.41) is 8.94. The topological polar surface area (TPSA) is 57.6 Å². The third-order valence-corrected chi connectivity index (χ3v) is 2.72. The molecular weight excluding hydrogens is 253 g/mol. The summed E-state index contributed by atoms with van der Waals surface area (Å²) in [6.07, 6.45) is 0. The molecule has 6 heteroatoms. The molecule has 1 amide bonds. The Hall–Kier alpha value is -1.26. The van der Waals surface area contributed by atoms with Crippen LogP contribution in [0.15, 0.2) is 18.2 Å². The molecule has 1 aromatic carbocycles. The van der Waals surface area contributed by atoms with Crippen molar-refractivity contribution in [3.05, 3.63) is 33.8 Å². The Bertz CT molecular complexity index is 434. The van der Waals surface area contributed by atoms with Gasteiger partial charge in [0, 0.05) is 7.05 Å². The number of nitrogens with zero attached hydrogens (tertiary/aromatic N) is 1. The fraction of sp³-hybridized carbons (Fsp3) is 0.200. The predicted octanol–water partition coefficient (Wildman–Crippen LogP) is 2.15. The number of carboxylic acids is 1. The number of carbonyl (C=O) groups is 2. The lowest BCUT2D eigenvalue weighted by Crippen LogP contribution is -2.32. The van der Waals surface area contributed by atoms with Crippen molar-refractivity contribution in [2.75, 3.05) is 13.6 Å². The van der Waals surface area contributed by atoms with E-state index in [9.17, 15) is 9.59 Å². The number of carbonyl (C=O) groups excluding carboxylic acids is 1. The molecule has 0 fully saturated rings. The van der Waals surface area contributed by atoms with E-state index in [1.54, 1.807) is 12.1 Å². The second-order valence-corrected chi connectivity index (χ2v) is 3.94. The number of amides is 1. The Kier molecular flexibility index (Phi) is 4.15. The van der Waals surface area contributed by atoms with Crippen LogP contribution in [0.25, 0.3) is 0 Å². The summed E-state index contributed by atoms with van der Waals surface area (Å²) in [6.45, 7) is -0.387. The van der Waals surface area contributed by atoms with Crippen LogP contribution in [0.1, 0.15) is 10.4 Å². The largest absolute Gasteiger partial charge is 0.480 e. The van der Waals surface area contributed by atoms with Crippen LogP contribution < -0.4 is 0 Å². The number of halogens is 2. The van der Waals surface area contributed by atoms with Gasteiger partial charge in [0.15, 0.2) is 0 Å². The lowest BCUT2D eigenvalue weighted by molar-refractivity contribution is -0.137. The highest BCUT2D eigenvalue weighted by atomic mass is 35.5. The Morgan fingerprint density at radius 2 is 2.00 bits per heavy atom. The van der Waals surface area contributed by atoms with Gasteiger partial charge >= 0.3 is 5.97 Å². The van der Waals surface area contributed by atoms with Gasteiger partial charge in [0.25, 0.3) is 5.91 Å². The van der Waals surface area contributed by atoms with Crippen molar-refractivity contribution < 1.29 is 14.7 Å². The molecule has 4 nitrogen and oxygen atoms in total. The molecule has 16 heavy (non-hydrogen) atoms. The minimum Gasteiger partial charge on any atom is -0.480 e. The minimum absolute atomic E-state index is 0.131. The number of carboxylic acid groups (broad SMARTS) is 1. The number of benzene rings is 1. The molecule has 86 valence electrons. The molecule has 0 saturated heterocycles. The maximum Gasteiger partial charge on any atom is 0.323 e. The molecule has 0 aromatic heterocycles. The summed E-state index contributed by atoms with van der Waals surface area (Å²) in [5.41, 5.74) is 0.193. The van der Waals surface area contributed by atoms with E-state index >= 15 is 0 Å². The molecule has 0 radical (unpaired) electrons. The predicted molar refractivity (Wildman–Crippen MR) is 61.1 cm³/mol. The lowest BCUT2D eigenvalue weighted by atomic mass is 10.2. The number of aliphatic carboxylic acids is 1. The molecular formula is C10H9Cl2NO3. The summed E-state index contributed by atoms with van der Waals surface area (Å²) in [5.74, 6) is -1.57. The van der Waals surface area contributed by atoms with Crippen molar-refractivity contribution in [3.63, 3.8) is 0 Å². The van der Waals surface area contributed by atoms with Gasteiger partial charge < -0.3 is 10.0 Å². The zero-order valence-corrected chi connectivity index (χ0v) is 9.92. The van der Waals surface area contributed by atoms with Crippen molar-refractivity contribution in [3.8, 4) is 0 Å². The molecule has 1 rings (SSSR count). The fourth-order valence-corrected chi connectivity index (χ4v) is 1.53. The van der Waals surface area contributed by atoms with E-state index in [1.165, 1.54) is 13.1 Å². The zero-order valence-electron chi connectivity index (χ0n) is 8.41. The van der Waals surface area contributed by atoms with Crippen molar-refractivity contribution in [2.24, 2.45) is 0 Å². The van der Waals surface area contributed by atoms with Crippen LogP contribution in [0.2, 0.25) is 10.0 Å². The highest BCUT2D eigenvalue weighted by Crippen LogP contribution is 2.26. The van der Waals surface area contributed by atoms with E-state index in [1.807, 2.05) is 0 Å². The van der Waals surface area contributed by atoms with E-state index in [-0.39, 0.29) is 22.2 Å². The Morgan fingerprint density at radius 3 is 2.56 bits per heavy atom. The minimum atomic E-state index is -1.09. The summed E-state index contributed by atoms with van der Waals surface area (Å²) in [4.78, 5) is 23.3. The number of hydrogen-bond acceptors (Lipinski definition) is 2. The van der Waals surface area contributed by atoms with Crippen molar-refractivity contribution >= 4 is 35.1 Å². The Morgan fingerprint density at radius 1 is 1.38 bits per heavy atom. The van der Waals surface area contributed by atoms with Gasteiger partial charge in [-0.3, -0.25) is 9.59 Å². The standard InChI is InChI=1S/C10H9Cl2NO3/c1-13(5-8(14)15)10(16)6-3-2-4-7(11)9(6)12/h2-4H,5H2,1H3,(H,14,15). The third-order valence-electron chi connectivity index (χ3n) is 1.90. The van der Waals surface area contributed by atoms with Gasteiger partial charge in [-0.1, -0.05) is 29.3 Å². The third kappa shape index (κ3) is 2.87. The number of likely N-dealkylation sites (N-methyl/N-ethyl adjacent to an activating group) is 1. The van der Waals surface area contributed by atoms with Gasteiger partial charge in [0.2, 0.25) is 0 Å². The monoisotopic (exact) mass is 261 g/mol. The van der Waals surface area contributed by atoms with Gasteiger partial charge in [0.1, 0.15) is 6.54 Å². The van der Waals surface area contributed by atoms with E-state index in [0.717, 1.165) is 4.90 Å². The molecule has 0 aliphatic heterocycles. The van der Waals surface area contributed by atoms with E-state index in [0.29, 0.717) is 0 Å². The van der Waals surface area contributed by atoms with Crippen LogP contribution in [0, 0.1) is 0 Å². The van der Waals surface area contributed by atoms with Gasteiger partial charge in [-0.15, -0.1) is 0 Å². The molecule has 0 aliphatic carbocycles. The van der Waals surface area contributed by atoms with E-state index < -0.39 is 11.9 Å². The van der Waals surface area contributed by atoms with Gasteiger partial charge in [0.05, 0.1) is 15.6 Å². The molecule has 0 unspecified atom stereocenters. The normalized spacial score (nSPS) is 9.94. The van der Waals surface area contributed by atoms with Crippen LogP contribution in [0.4, 0.5) is 0 Å². The van der Waals surface area contributed by atoms with E-state index in [4.69, 9.17) is 28.3 Å². The van der Waals surface area contributed by atoms with Crippen LogP contribution in [-0.2, 0) is 4.79 Å². The maximum absolute atomic E-state index is 11.8. The van der Waals surface area contributed by atoms with Crippen molar-refractivity contribution in [1.82, 2.24) is 4.90 Å². The number of rotatable bonds is 3. The fourth-order valence-electron chi connectivity index (χ4n) is 1.15. The maximum atomic E-state index is 11.8. The summed E-state index contributed by atoms with van der Waals surface area (Å²) in [6, 6.07) is 4.63. The van der Waals surface area contributed by atoms with Gasteiger partial charge in [-0.2, -0.15) is 0 Å². The Labute approximate surface area is 102 Å². The van der Waals surface area contributed by atoms with Crippen LogP contribution in [0.3, 0.4) is 0 Å². The first-order valence-corrected chi connectivity index (χ1v) is 5.10. The molecule has 0 spiro atoms. The first-order chi connectivity index (χ1) is 7.43. The zero-order chi connectivity index (χ0) is 12.3. The van der Waals surface area contributed by atoms with Crippen LogP contribution in [-0.4, -0.2) is 35.5 Å². The van der Waals surface area contributed by atoms with Crippen molar-refractivity contribution in [2.45, 2.75) is 0 Å². The van der Waals surface area contributed by atoms with Crippen LogP contribution in [0.5, 0.6) is 0 Å². The smallest absolute Gasteiger partial charge is 0.323 e. The van der Waals surface area contributed by atoms with E-state index in [2.05, 4.69) is 0 Å². The Balaban J connectivity index is 2.96. The molecule has 1 aromatic rings. The second kappa shape index (κ2) is 5.18. The van der Waals surface area contributed by atoms with Crippen molar-refractivity contribution in [1.29, 1.82) is 0 Å². The first-order valence-electron chi connectivity index (χ1n) is 4.34. The average molecular weight is 262 g/mol. The lowest BCUT2D eigenvalue weighted by Gasteiger charge is -2.15. The molecule has 0 bridgehead atoms. The summed E-state index contributed by atoms with van der Waals surface area (Å²) in [7, 11) is 1.38. The molecule has 0 heterocycles. The highest BCUT2D eigenvalue weighted by Gasteiger charge is 2.18. The average Bonchev–Trinajstić information content (AvgIpc) is 2.20. The van der Waals surface area contributed by atoms with Gasteiger partial charge in [-0.05, 0) is 12.1 Å². The molecule has 0 atom stereocenters. The van der Waals surface area contributed by atoms with Crippen LogP contribution >= 0.6 is 23.2 Å². The molecule has 0 aliphatic rings. The first kappa shape index (κ1) is 12.8. The quantitative estimate of drug-likeness (QED) is 0.907. The molecule has 0 saturated carbocycles. The SMILES string of the molecule is CN(CC(=O)O)C(=O)c1cccc(Cl)c1Cl. The second-order valence-electron chi connectivity index (χ2n) is 3.16. The summed E-state index contributed by atoms with van der Waals surface area (Å²) >= 11 is 11.6. The highest BCUT2D eigenvalue weighted by molar-refractivity contribution is 6.43. The van der Waals surface area contributed by atoms with Gasteiger partial charge in [-0.25, -0.2) is 0 Å².